The molecule has 0 fully saturated rings. The Morgan fingerprint density at radius 2 is 1.79 bits per heavy atom. The highest BCUT2D eigenvalue weighted by atomic mass is 35.5. The van der Waals surface area contributed by atoms with Crippen molar-refractivity contribution in [1.29, 1.82) is 0 Å². The first-order valence-corrected chi connectivity index (χ1v) is 6.11. The maximum absolute atomic E-state index is 12.4. The van der Waals surface area contributed by atoms with Crippen LogP contribution in [0.5, 0.6) is 5.75 Å². The zero-order valence-electron chi connectivity index (χ0n) is 10.4. The minimum atomic E-state index is -0.108. The molecule has 2 aromatic rings. The molecule has 4 heteroatoms. The molecule has 2 aromatic carbocycles. The standard InChI is InChI=1S/C15H13ClO3/c1-18-10-19-14-5-3-2-4-13(14)15(17)11-6-8-12(16)9-7-11/h2-9H,10H2,1H3. The summed E-state index contributed by atoms with van der Waals surface area (Å²) in [5.41, 5.74) is 1.07. The molecule has 0 saturated heterocycles. The monoisotopic (exact) mass is 276 g/mol. The van der Waals surface area contributed by atoms with E-state index in [-0.39, 0.29) is 12.6 Å². The summed E-state index contributed by atoms with van der Waals surface area (Å²) in [5, 5.41) is 0.598. The molecule has 0 spiro atoms. The van der Waals surface area contributed by atoms with Crippen LogP contribution in [-0.4, -0.2) is 19.7 Å². The maximum atomic E-state index is 12.4. The number of carbonyl (C=O) groups excluding carboxylic acids is 1. The van der Waals surface area contributed by atoms with Crippen molar-refractivity contribution in [3.05, 3.63) is 64.7 Å². The highest BCUT2D eigenvalue weighted by Gasteiger charge is 2.14. The number of ether oxygens (including phenoxy) is 2. The van der Waals surface area contributed by atoms with E-state index in [0.29, 0.717) is 21.9 Å². The lowest BCUT2D eigenvalue weighted by molar-refractivity contribution is 0.0503. The van der Waals surface area contributed by atoms with Crippen LogP contribution in [0, 0.1) is 0 Å². The first-order chi connectivity index (χ1) is 9.22. The lowest BCUT2D eigenvalue weighted by Crippen LogP contribution is -2.07. The van der Waals surface area contributed by atoms with Gasteiger partial charge < -0.3 is 9.47 Å². The van der Waals surface area contributed by atoms with Gasteiger partial charge in [-0.2, -0.15) is 0 Å². The van der Waals surface area contributed by atoms with Crippen LogP contribution in [0.4, 0.5) is 0 Å². The maximum Gasteiger partial charge on any atom is 0.196 e. The van der Waals surface area contributed by atoms with Crippen LogP contribution in [0.25, 0.3) is 0 Å². The third-order valence-corrected chi connectivity index (χ3v) is 2.82. The van der Waals surface area contributed by atoms with E-state index in [1.54, 1.807) is 42.5 Å². The molecule has 0 N–H and O–H groups in total. The molecule has 0 atom stereocenters. The van der Waals surface area contributed by atoms with E-state index < -0.39 is 0 Å². The smallest absolute Gasteiger partial charge is 0.196 e. The van der Waals surface area contributed by atoms with Crippen molar-refractivity contribution >= 4 is 17.4 Å². The largest absolute Gasteiger partial charge is 0.467 e. The van der Waals surface area contributed by atoms with Gasteiger partial charge in [0.2, 0.25) is 0 Å². The van der Waals surface area contributed by atoms with Crippen molar-refractivity contribution in [1.82, 2.24) is 0 Å². The number of halogens is 1. The Kier molecular flexibility index (Phi) is 4.55. The van der Waals surface area contributed by atoms with Gasteiger partial charge in [-0.3, -0.25) is 4.79 Å². The van der Waals surface area contributed by atoms with Crippen LogP contribution in [-0.2, 0) is 4.74 Å². The van der Waals surface area contributed by atoms with E-state index >= 15 is 0 Å². The van der Waals surface area contributed by atoms with Crippen molar-refractivity contribution in [2.75, 3.05) is 13.9 Å². The molecule has 3 nitrogen and oxygen atoms in total. The van der Waals surface area contributed by atoms with Gasteiger partial charge in [0.1, 0.15) is 5.75 Å². The number of methoxy groups -OCH3 is 1. The fourth-order valence-corrected chi connectivity index (χ4v) is 1.79. The summed E-state index contributed by atoms with van der Waals surface area (Å²) in [6.07, 6.45) is 0. The topological polar surface area (TPSA) is 35.5 Å². The summed E-state index contributed by atoms with van der Waals surface area (Å²) in [7, 11) is 1.53. The van der Waals surface area contributed by atoms with Gasteiger partial charge in [-0.15, -0.1) is 0 Å². The van der Waals surface area contributed by atoms with Crippen LogP contribution >= 0.6 is 11.6 Å². The second-order valence-electron chi connectivity index (χ2n) is 3.88. The van der Waals surface area contributed by atoms with Crippen molar-refractivity contribution in [2.24, 2.45) is 0 Å². The molecule has 98 valence electrons. The normalized spacial score (nSPS) is 10.2. The molecule has 2 rings (SSSR count). The quantitative estimate of drug-likeness (QED) is 0.619. The first kappa shape index (κ1) is 13.6. The van der Waals surface area contributed by atoms with Gasteiger partial charge in [0, 0.05) is 17.7 Å². The second kappa shape index (κ2) is 6.36. The Bertz CT molecular complexity index is 564. The molecule has 0 aromatic heterocycles. The van der Waals surface area contributed by atoms with E-state index in [1.165, 1.54) is 7.11 Å². The molecule has 0 saturated carbocycles. The predicted molar refractivity (Wildman–Crippen MR) is 73.8 cm³/mol. The SMILES string of the molecule is COCOc1ccccc1C(=O)c1ccc(Cl)cc1. The molecule has 0 amide bonds. The van der Waals surface area contributed by atoms with E-state index in [0.717, 1.165) is 0 Å². The summed E-state index contributed by atoms with van der Waals surface area (Å²) >= 11 is 5.81. The summed E-state index contributed by atoms with van der Waals surface area (Å²) < 4.78 is 10.2. The van der Waals surface area contributed by atoms with Crippen LogP contribution in [0.2, 0.25) is 5.02 Å². The second-order valence-corrected chi connectivity index (χ2v) is 4.32. The van der Waals surface area contributed by atoms with Gasteiger partial charge in [0.25, 0.3) is 0 Å². The average Bonchev–Trinajstić information content (AvgIpc) is 2.45. The van der Waals surface area contributed by atoms with Gasteiger partial charge in [0.05, 0.1) is 5.56 Å². The van der Waals surface area contributed by atoms with Gasteiger partial charge in [-0.1, -0.05) is 23.7 Å². The van der Waals surface area contributed by atoms with Crippen molar-refractivity contribution in [2.45, 2.75) is 0 Å². The summed E-state index contributed by atoms with van der Waals surface area (Å²) in [6, 6.07) is 13.8. The third kappa shape index (κ3) is 3.34. The Balaban J connectivity index is 2.30. The van der Waals surface area contributed by atoms with E-state index in [4.69, 9.17) is 21.1 Å². The Morgan fingerprint density at radius 1 is 1.11 bits per heavy atom. The Morgan fingerprint density at radius 3 is 2.47 bits per heavy atom. The predicted octanol–water partition coefficient (Wildman–Crippen LogP) is 3.55. The fraction of sp³-hybridized carbons (Fsp3) is 0.133. The van der Waals surface area contributed by atoms with Crippen molar-refractivity contribution < 1.29 is 14.3 Å². The Labute approximate surface area is 116 Å². The summed E-state index contributed by atoms with van der Waals surface area (Å²) in [6.45, 7) is 0.102. The first-order valence-electron chi connectivity index (χ1n) is 5.73. The van der Waals surface area contributed by atoms with E-state index in [2.05, 4.69) is 0 Å². The molecule has 0 aliphatic carbocycles. The number of hydrogen-bond acceptors (Lipinski definition) is 3. The van der Waals surface area contributed by atoms with Crippen LogP contribution < -0.4 is 4.74 Å². The molecule has 0 aliphatic heterocycles. The molecular weight excluding hydrogens is 264 g/mol. The molecule has 0 radical (unpaired) electrons. The lowest BCUT2D eigenvalue weighted by atomic mass is 10.0. The van der Waals surface area contributed by atoms with Crippen LogP contribution in [0.15, 0.2) is 48.5 Å². The average molecular weight is 277 g/mol. The highest BCUT2D eigenvalue weighted by Crippen LogP contribution is 2.22. The number of ketones is 1. The molecule has 19 heavy (non-hydrogen) atoms. The molecule has 0 heterocycles. The van der Waals surface area contributed by atoms with E-state index in [1.807, 2.05) is 6.07 Å². The molecule has 0 unspecified atom stereocenters. The van der Waals surface area contributed by atoms with Gasteiger partial charge >= 0.3 is 0 Å². The van der Waals surface area contributed by atoms with E-state index in [9.17, 15) is 4.79 Å². The number of benzene rings is 2. The van der Waals surface area contributed by atoms with Crippen molar-refractivity contribution in [3.63, 3.8) is 0 Å². The lowest BCUT2D eigenvalue weighted by Gasteiger charge is -2.09. The molecule has 0 bridgehead atoms. The third-order valence-electron chi connectivity index (χ3n) is 2.57. The van der Waals surface area contributed by atoms with Gasteiger partial charge in [-0.25, -0.2) is 0 Å². The van der Waals surface area contributed by atoms with Crippen LogP contribution in [0.1, 0.15) is 15.9 Å². The molecular formula is C15H13ClO3. The number of para-hydroxylation sites is 1. The highest BCUT2D eigenvalue weighted by molar-refractivity contribution is 6.30. The zero-order valence-corrected chi connectivity index (χ0v) is 11.2. The summed E-state index contributed by atoms with van der Waals surface area (Å²) in [5.74, 6) is 0.396. The van der Waals surface area contributed by atoms with Gasteiger partial charge in [-0.05, 0) is 36.4 Å². The number of rotatable bonds is 5. The minimum Gasteiger partial charge on any atom is -0.467 e. The minimum absolute atomic E-state index is 0.102. The van der Waals surface area contributed by atoms with Crippen molar-refractivity contribution in [3.8, 4) is 5.75 Å². The zero-order chi connectivity index (χ0) is 13.7. The van der Waals surface area contributed by atoms with Gasteiger partial charge in [0.15, 0.2) is 12.6 Å². The Hall–Kier alpha value is -1.84. The summed E-state index contributed by atoms with van der Waals surface area (Å²) in [4.78, 5) is 12.4. The number of hydrogen-bond donors (Lipinski definition) is 0. The number of carbonyl (C=O) groups is 1. The fourth-order valence-electron chi connectivity index (χ4n) is 1.66. The van der Waals surface area contributed by atoms with Crippen LogP contribution in [0.3, 0.4) is 0 Å². The molecule has 0 aliphatic rings.